The van der Waals surface area contributed by atoms with Gasteiger partial charge in [-0.25, -0.2) is 9.97 Å². The number of halogens is 4. The fourth-order valence-corrected chi connectivity index (χ4v) is 4.85. The van der Waals surface area contributed by atoms with Gasteiger partial charge in [-0.3, -0.25) is 18.7 Å². The molecule has 0 bridgehead atoms. The van der Waals surface area contributed by atoms with Gasteiger partial charge >= 0.3 is 6.18 Å². The van der Waals surface area contributed by atoms with Gasteiger partial charge in [-0.05, 0) is 25.1 Å². The van der Waals surface area contributed by atoms with Crippen molar-refractivity contribution < 1.29 is 22.8 Å². The van der Waals surface area contributed by atoms with Gasteiger partial charge in [0.2, 0.25) is 5.91 Å². The molecule has 1 aromatic carbocycles. The van der Waals surface area contributed by atoms with E-state index in [1.54, 1.807) is 24.0 Å². The standard InChI is InChI=1S/C26H24ClF3N10O2/c1-15(25(42)38-9-5-32-6-10-38)35-24(41)17-3-2-16(12-19(17)27)36-22-23-34-13-20(40(23)11-7-33-22)18-14-39(8-4-31)37-21(18)26(28,29)30/h2-3,7,11-15,32H,5-6,8-10H2,1H3,(H,33,36)(H,35,41). The molecule has 0 spiro atoms. The summed E-state index contributed by atoms with van der Waals surface area (Å²) in [7, 11) is 0. The van der Waals surface area contributed by atoms with E-state index in [0.29, 0.717) is 31.9 Å². The summed E-state index contributed by atoms with van der Waals surface area (Å²) in [6.45, 7) is 3.77. The number of aromatic nitrogens is 5. The Morgan fingerprint density at radius 1 is 1.24 bits per heavy atom. The molecule has 218 valence electrons. The predicted octanol–water partition coefficient (Wildman–Crippen LogP) is 3.08. The van der Waals surface area contributed by atoms with Crippen molar-refractivity contribution in [2.45, 2.75) is 25.7 Å². The topological polar surface area (TPSA) is 145 Å². The number of nitrogens with one attached hydrogen (secondary N) is 3. The Balaban J connectivity index is 1.36. The number of alkyl halides is 3. The second-order valence-corrected chi connectivity index (χ2v) is 9.85. The summed E-state index contributed by atoms with van der Waals surface area (Å²) >= 11 is 6.41. The maximum absolute atomic E-state index is 13.7. The number of piperazine rings is 1. The fourth-order valence-electron chi connectivity index (χ4n) is 4.59. The summed E-state index contributed by atoms with van der Waals surface area (Å²) in [6.07, 6.45) is 0.482. The third kappa shape index (κ3) is 5.85. The molecule has 16 heteroatoms. The smallest absolute Gasteiger partial charge is 0.340 e. The molecular weight excluding hydrogens is 577 g/mol. The highest BCUT2D eigenvalue weighted by molar-refractivity contribution is 6.34. The van der Waals surface area contributed by atoms with E-state index in [-0.39, 0.29) is 45.8 Å². The van der Waals surface area contributed by atoms with Crippen molar-refractivity contribution in [2.24, 2.45) is 0 Å². The minimum atomic E-state index is -4.75. The molecule has 12 nitrogen and oxygen atoms in total. The molecule has 3 N–H and O–H groups in total. The predicted molar refractivity (Wildman–Crippen MR) is 146 cm³/mol. The number of imidazole rings is 1. The van der Waals surface area contributed by atoms with Gasteiger partial charge < -0.3 is 20.9 Å². The van der Waals surface area contributed by atoms with Gasteiger partial charge in [-0.15, -0.1) is 0 Å². The van der Waals surface area contributed by atoms with Crippen LogP contribution in [0.15, 0.2) is 43.0 Å². The zero-order chi connectivity index (χ0) is 30.0. The minimum Gasteiger partial charge on any atom is -0.340 e. The highest BCUT2D eigenvalue weighted by Crippen LogP contribution is 2.37. The lowest BCUT2D eigenvalue weighted by Gasteiger charge is -2.30. The summed E-state index contributed by atoms with van der Waals surface area (Å²) < 4.78 is 43.5. The Bertz CT molecular complexity index is 1690. The largest absolute Gasteiger partial charge is 0.435 e. The van der Waals surface area contributed by atoms with Crippen molar-refractivity contribution in [3.8, 4) is 17.3 Å². The number of benzene rings is 1. The molecule has 0 aliphatic carbocycles. The molecule has 2 amide bonds. The Morgan fingerprint density at radius 3 is 2.69 bits per heavy atom. The normalized spacial score (nSPS) is 14.4. The zero-order valence-electron chi connectivity index (χ0n) is 22.1. The van der Waals surface area contributed by atoms with E-state index >= 15 is 0 Å². The van der Waals surface area contributed by atoms with Crippen LogP contribution in [0.3, 0.4) is 0 Å². The minimum absolute atomic E-state index is 0.0986. The summed E-state index contributed by atoms with van der Waals surface area (Å²) in [4.78, 5) is 35.7. The van der Waals surface area contributed by atoms with Crippen LogP contribution in [0.1, 0.15) is 23.0 Å². The van der Waals surface area contributed by atoms with Crippen LogP contribution >= 0.6 is 11.6 Å². The summed E-state index contributed by atoms with van der Waals surface area (Å²) in [5.74, 6) is -0.486. The van der Waals surface area contributed by atoms with Crippen LogP contribution in [-0.4, -0.2) is 73.1 Å². The van der Waals surface area contributed by atoms with Crippen LogP contribution in [0.4, 0.5) is 24.7 Å². The molecule has 4 heterocycles. The lowest BCUT2D eigenvalue weighted by molar-refractivity contribution is -0.141. The number of amides is 2. The summed E-state index contributed by atoms with van der Waals surface area (Å²) in [6, 6.07) is 5.58. The zero-order valence-corrected chi connectivity index (χ0v) is 22.9. The fraction of sp³-hybridized carbons (Fsp3) is 0.308. The average Bonchev–Trinajstić information content (AvgIpc) is 3.58. The summed E-state index contributed by atoms with van der Waals surface area (Å²) in [5.41, 5.74) is -0.482. The number of carbonyl (C=O) groups excluding carboxylic acids is 2. The van der Waals surface area contributed by atoms with Crippen LogP contribution in [0.25, 0.3) is 16.9 Å². The number of hydrogen-bond donors (Lipinski definition) is 3. The van der Waals surface area contributed by atoms with Crippen molar-refractivity contribution in [3.05, 3.63) is 59.3 Å². The van der Waals surface area contributed by atoms with Crippen LogP contribution in [0, 0.1) is 11.3 Å². The van der Waals surface area contributed by atoms with E-state index in [1.807, 2.05) is 0 Å². The van der Waals surface area contributed by atoms with Crippen molar-refractivity contribution in [1.29, 1.82) is 5.26 Å². The van der Waals surface area contributed by atoms with Gasteiger partial charge in [-0.1, -0.05) is 11.6 Å². The summed E-state index contributed by atoms with van der Waals surface area (Å²) in [5, 5.41) is 21.4. The number of anilines is 2. The third-order valence-corrected chi connectivity index (χ3v) is 6.90. The van der Waals surface area contributed by atoms with E-state index in [4.69, 9.17) is 16.9 Å². The first-order chi connectivity index (χ1) is 20.1. The van der Waals surface area contributed by atoms with Gasteiger partial charge in [0, 0.05) is 50.5 Å². The number of rotatable bonds is 7. The highest BCUT2D eigenvalue weighted by Gasteiger charge is 2.38. The van der Waals surface area contributed by atoms with E-state index in [2.05, 4.69) is 31.0 Å². The molecule has 0 saturated carbocycles. The number of nitriles is 1. The maximum Gasteiger partial charge on any atom is 0.435 e. The molecule has 1 atom stereocenters. The first-order valence-corrected chi connectivity index (χ1v) is 13.2. The Morgan fingerprint density at radius 2 is 2.00 bits per heavy atom. The van der Waals surface area contributed by atoms with E-state index in [9.17, 15) is 22.8 Å². The molecule has 4 aromatic rings. The lowest BCUT2D eigenvalue weighted by atomic mass is 10.1. The molecule has 0 radical (unpaired) electrons. The van der Waals surface area contributed by atoms with E-state index in [1.165, 1.54) is 35.1 Å². The molecule has 1 aliphatic heterocycles. The molecule has 1 saturated heterocycles. The van der Waals surface area contributed by atoms with Crippen LogP contribution in [-0.2, 0) is 17.5 Å². The first-order valence-electron chi connectivity index (χ1n) is 12.8. The number of nitrogens with zero attached hydrogens (tertiary/aromatic N) is 7. The quantitative estimate of drug-likeness (QED) is 0.293. The second-order valence-electron chi connectivity index (χ2n) is 9.45. The Kier molecular flexibility index (Phi) is 8.01. The third-order valence-electron chi connectivity index (χ3n) is 6.59. The first kappa shape index (κ1) is 28.8. The molecule has 3 aromatic heterocycles. The van der Waals surface area contributed by atoms with Crippen LogP contribution in [0.2, 0.25) is 5.02 Å². The van der Waals surface area contributed by atoms with E-state index < -0.39 is 23.8 Å². The van der Waals surface area contributed by atoms with Crippen molar-refractivity contribution in [1.82, 2.24) is 39.7 Å². The SMILES string of the molecule is CC(NC(=O)c1ccc(Nc2nccn3c(-c4cn(CC#N)nc4C(F)(F)F)cnc23)cc1Cl)C(=O)N1CCNCC1. The molecule has 5 rings (SSSR count). The van der Waals surface area contributed by atoms with Gasteiger partial charge in [0.25, 0.3) is 5.91 Å². The highest BCUT2D eigenvalue weighted by atomic mass is 35.5. The molecule has 1 aliphatic rings. The molecule has 1 unspecified atom stereocenters. The second kappa shape index (κ2) is 11.7. The number of hydrogen-bond acceptors (Lipinski definition) is 8. The van der Waals surface area contributed by atoms with E-state index in [0.717, 1.165) is 10.9 Å². The monoisotopic (exact) mass is 600 g/mol. The van der Waals surface area contributed by atoms with Gasteiger partial charge in [0.05, 0.1) is 34.1 Å². The van der Waals surface area contributed by atoms with Crippen molar-refractivity contribution >= 4 is 40.6 Å². The van der Waals surface area contributed by atoms with Crippen molar-refractivity contribution in [3.63, 3.8) is 0 Å². The molecule has 1 fully saturated rings. The van der Waals surface area contributed by atoms with Crippen LogP contribution in [0.5, 0.6) is 0 Å². The number of fused-ring (bicyclic) bond motifs is 1. The average molecular weight is 601 g/mol. The molecule has 42 heavy (non-hydrogen) atoms. The Labute approximate surface area is 242 Å². The number of carbonyl (C=O) groups is 2. The van der Waals surface area contributed by atoms with Crippen molar-refractivity contribution in [2.75, 3.05) is 31.5 Å². The lowest BCUT2D eigenvalue weighted by Crippen LogP contribution is -2.53. The van der Waals surface area contributed by atoms with Gasteiger partial charge in [0.1, 0.15) is 12.6 Å². The molecular formula is C26H24ClF3N10O2. The maximum atomic E-state index is 13.7. The Hall–Kier alpha value is -4.68. The van der Waals surface area contributed by atoms with Crippen LogP contribution < -0.4 is 16.0 Å². The van der Waals surface area contributed by atoms with Gasteiger partial charge in [-0.2, -0.15) is 23.5 Å². The van der Waals surface area contributed by atoms with Gasteiger partial charge in [0.15, 0.2) is 17.2 Å².